The minimum atomic E-state index is -0.428. The maximum Gasteiger partial charge on any atom is 0.237 e. The van der Waals surface area contributed by atoms with Crippen molar-refractivity contribution in [3.8, 4) is 5.75 Å². The molecule has 2 aromatic rings. The molecule has 1 aliphatic heterocycles. The Balaban J connectivity index is 1.72. The van der Waals surface area contributed by atoms with Crippen LogP contribution in [0.4, 0.5) is 0 Å². The van der Waals surface area contributed by atoms with Gasteiger partial charge in [0, 0.05) is 24.5 Å². The number of fused-ring (bicyclic) bond motifs is 1. The van der Waals surface area contributed by atoms with Crippen molar-refractivity contribution in [3.63, 3.8) is 0 Å². The van der Waals surface area contributed by atoms with Crippen molar-refractivity contribution in [1.82, 2.24) is 9.80 Å². The molecule has 5 nitrogen and oxygen atoms in total. The first-order chi connectivity index (χ1) is 15.0. The van der Waals surface area contributed by atoms with E-state index in [0.29, 0.717) is 26.2 Å². The van der Waals surface area contributed by atoms with E-state index in [1.54, 1.807) is 17.4 Å². The van der Waals surface area contributed by atoms with E-state index in [2.05, 4.69) is 24.9 Å². The van der Waals surface area contributed by atoms with E-state index in [4.69, 9.17) is 4.74 Å². The molecule has 0 bridgehead atoms. The molecular formula is C25H34N2O3S. The molecule has 0 saturated carbocycles. The molecule has 1 aliphatic rings. The number of aryl methyl sites for hydroxylation is 1. The van der Waals surface area contributed by atoms with E-state index < -0.39 is 6.10 Å². The predicted octanol–water partition coefficient (Wildman–Crippen LogP) is 4.21. The summed E-state index contributed by atoms with van der Waals surface area (Å²) in [6, 6.07) is 10.0. The number of aliphatic hydroxyl groups excluding tert-OH is 1. The van der Waals surface area contributed by atoms with Gasteiger partial charge in [0.25, 0.3) is 0 Å². The topological polar surface area (TPSA) is 53.0 Å². The second-order valence-corrected chi connectivity index (χ2v) is 9.21. The van der Waals surface area contributed by atoms with E-state index >= 15 is 0 Å². The number of aliphatic hydroxyl groups is 1. The monoisotopic (exact) mass is 442 g/mol. The van der Waals surface area contributed by atoms with Crippen LogP contribution in [0.2, 0.25) is 0 Å². The van der Waals surface area contributed by atoms with Crippen LogP contribution in [0.1, 0.15) is 41.8 Å². The van der Waals surface area contributed by atoms with Crippen molar-refractivity contribution in [1.29, 1.82) is 0 Å². The Bertz CT molecular complexity index is 866. The first-order valence-electron chi connectivity index (χ1n) is 11.1. The lowest BCUT2D eigenvalue weighted by Gasteiger charge is -2.37. The average Bonchev–Trinajstić information content (AvgIpc) is 3.21. The molecule has 0 radical (unpaired) electrons. The third-order valence-corrected chi connectivity index (χ3v) is 6.65. The van der Waals surface area contributed by atoms with Gasteiger partial charge in [0.1, 0.15) is 12.4 Å². The minimum Gasteiger partial charge on any atom is -0.491 e. The number of hydrogen-bond donors (Lipinski definition) is 1. The fraction of sp³-hybridized carbons (Fsp3) is 0.480. The van der Waals surface area contributed by atoms with Crippen LogP contribution in [-0.2, 0) is 11.2 Å². The highest BCUT2D eigenvalue weighted by atomic mass is 32.1. The van der Waals surface area contributed by atoms with Gasteiger partial charge in [-0.05, 0) is 54.5 Å². The first kappa shape index (κ1) is 23.5. The molecule has 168 valence electrons. The standard InChI is InChI=1S/C25H34N2O3S/c1-4-7-20(28)16-26(12-5-2)17-25(29)27-13-10-24-22(11-14-31-24)23(27)18-30-21-9-6-8-19(3)15-21/h5-6,8-9,11,14-15,20,23,28H,2,4,7,10,12-13,16-18H2,1,3H3/t20-,23+/m1/s1. The van der Waals surface area contributed by atoms with E-state index in [-0.39, 0.29) is 18.5 Å². The highest BCUT2D eigenvalue weighted by molar-refractivity contribution is 7.10. The smallest absolute Gasteiger partial charge is 0.237 e. The van der Waals surface area contributed by atoms with E-state index in [9.17, 15) is 9.90 Å². The summed E-state index contributed by atoms with van der Waals surface area (Å²) in [5.41, 5.74) is 2.34. The van der Waals surface area contributed by atoms with Gasteiger partial charge in [-0.25, -0.2) is 0 Å². The number of carbonyl (C=O) groups is 1. The Morgan fingerprint density at radius 2 is 2.29 bits per heavy atom. The van der Waals surface area contributed by atoms with Crippen LogP contribution >= 0.6 is 11.3 Å². The summed E-state index contributed by atoms with van der Waals surface area (Å²) in [7, 11) is 0. The van der Waals surface area contributed by atoms with Gasteiger partial charge < -0.3 is 14.7 Å². The summed E-state index contributed by atoms with van der Waals surface area (Å²) in [4.78, 5) is 18.6. The van der Waals surface area contributed by atoms with E-state index in [1.165, 1.54) is 10.4 Å². The van der Waals surface area contributed by atoms with Gasteiger partial charge in [-0.2, -0.15) is 0 Å². The van der Waals surface area contributed by atoms with Crippen LogP contribution in [-0.4, -0.2) is 59.7 Å². The van der Waals surface area contributed by atoms with Crippen molar-refractivity contribution in [2.45, 2.75) is 45.3 Å². The average molecular weight is 443 g/mol. The van der Waals surface area contributed by atoms with Gasteiger partial charge in [-0.3, -0.25) is 9.69 Å². The highest BCUT2D eigenvalue weighted by Crippen LogP contribution is 2.34. The zero-order valence-electron chi connectivity index (χ0n) is 18.6. The quantitative estimate of drug-likeness (QED) is 0.530. The van der Waals surface area contributed by atoms with Gasteiger partial charge in [-0.15, -0.1) is 17.9 Å². The number of nitrogens with zero attached hydrogens (tertiary/aromatic N) is 2. The number of benzene rings is 1. The van der Waals surface area contributed by atoms with Crippen LogP contribution in [0.25, 0.3) is 0 Å². The number of carbonyl (C=O) groups excluding carboxylic acids is 1. The van der Waals surface area contributed by atoms with Crippen LogP contribution in [0.15, 0.2) is 48.4 Å². The number of amides is 1. The fourth-order valence-electron chi connectivity index (χ4n) is 4.15. The van der Waals surface area contributed by atoms with Crippen molar-refractivity contribution in [2.75, 3.05) is 32.8 Å². The Kier molecular flexibility index (Phi) is 8.69. The summed E-state index contributed by atoms with van der Waals surface area (Å²) in [6.07, 6.45) is 3.89. The minimum absolute atomic E-state index is 0.0697. The van der Waals surface area contributed by atoms with Crippen LogP contribution < -0.4 is 4.74 Å². The number of thiophene rings is 1. The fourth-order valence-corrected chi connectivity index (χ4v) is 5.07. The lowest BCUT2D eigenvalue weighted by atomic mass is 10.0. The summed E-state index contributed by atoms with van der Waals surface area (Å²) in [5, 5.41) is 12.3. The molecule has 1 N–H and O–H groups in total. The Morgan fingerprint density at radius 1 is 1.45 bits per heavy atom. The first-order valence-corrected chi connectivity index (χ1v) is 12.0. The molecule has 2 atom stereocenters. The summed E-state index contributed by atoms with van der Waals surface area (Å²) in [5.74, 6) is 0.894. The molecule has 0 aliphatic carbocycles. The molecule has 3 rings (SSSR count). The Hall–Kier alpha value is -2.15. The zero-order chi connectivity index (χ0) is 22.2. The molecule has 31 heavy (non-hydrogen) atoms. The normalized spacial score (nSPS) is 16.8. The third kappa shape index (κ3) is 6.42. The van der Waals surface area contributed by atoms with Crippen LogP contribution in [0.3, 0.4) is 0 Å². The van der Waals surface area contributed by atoms with Crippen LogP contribution in [0, 0.1) is 6.92 Å². The van der Waals surface area contributed by atoms with Gasteiger partial charge in [0.2, 0.25) is 5.91 Å². The molecule has 0 fully saturated rings. The Morgan fingerprint density at radius 3 is 3.03 bits per heavy atom. The van der Waals surface area contributed by atoms with Gasteiger partial charge in [0.05, 0.1) is 18.7 Å². The predicted molar refractivity (Wildman–Crippen MR) is 127 cm³/mol. The molecule has 6 heteroatoms. The van der Waals surface area contributed by atoms with Crippen LogP contribution in [0.5, 0.6) is 5.75 Å². The van der Waals surface area contributed by atoms with E-state index in [0.717, 1.165) is 30.6 Å². The van der Waals surface area contributed by atoms with Crippen molar-refractivity contribution in [2.24, 2.45) is 0 Å². The van der Waals surface area contributed by atoms with Gasteiger partial charge in [-0.1, -0.05) is 31.6 Å². The molecule has 0 spiro atoms. The Labute approximate surface area is 189 Å². The molecule has 1 aromatic carbocycles. The third-order valence-electron chi connectivity index (χ3n) is 5.65. The number of rotatable bonds is 11. The zero-order valence-corrected chi connectivity index (χ0v) is 19.4. The summed E-state index contributed by atoms with van der Waals surface area (Å²) < 4.78 is 6.12. The molecular weight excluding hydrogens is 408 g/mol. The highest BCUT2D eigenvalue weighted by Gasteiger charge is 2.33. The molecule has 2 heterocycles. The van der Waals surface area contributed by atoms with Gasteiger partial charge in [0.15, 0.2) is 0 Å². The number of ether oxygens (including phenoxy) is 1. The van der Waals surface area contributed by atoms with Gasteiger partial charge >= 0.3 is 0 Å². The number of hydrogen-bond acceptors (Lipinski definition) is 5. The summed E-state index contributed by atoms with van der Waals surface area (Å²) in [6.45, 7) is 10.4. The largest absolute Gasteiger partial charge is 0.491 e. The SMILES string of the molecule is C=CCN(CC(=O)N1CCc2sccc2[C@@H]1COc1cccc(C)c1)C[C@H](O)CCC. The molecule has 0 unspecified atom stereocenters. The lowest BCUT2D eigenvalue weighted by Crippen LogP contribution is -2.47. The lowest BCUT2D eigenvalue weighted by molar-refractivity contribution is -0.136. The second kappa shape index (κ2) is 11.5. The summed E-state index contributed by atoms with van der Waals surface area (Å²) >= 11 is 1.75. The molecule has 1 amide bonds. The van der Waals surface area contributed by atoms with Crippen molar-refractivity contribution in [3.05, 3.63) is 64.4 Å². The maximum atomic E-state index is 13.3. The maximum absolute atomic E-state index is 13.3. The van der Waals surface area contributed by atoms with Crippen molar-refractivity contribution < 1.29 is 14.6 Å². The molecule has 0 saturated heterocycles. The second-order valence-electron chi connectivity index (χ2n) is 8.20. The molecule has 1 aromatic heterocycles. The van der Waals surface area contributed by atoms with E-state index in [1.807, 2.05) is 41.0 Å². The van der Waals surface area contributed by atoms with Crippen molar-refractivity contribution >= 4 is 17.2 Å².